The minimum absolute atomic E-state index is 0.140. The molecule has 146 valence electrons. The molecule has 2 aliphatic rings. The second kappa shape index (κ2) is 8.63. The van der Waals surface area contributed by atoms with Crippen molar-refractivity contribution in [3.05, 3.63) is 53.9 Å². The lowest BCUT2D eigenvalue weighted by Crippen LogP contribution is -2.27. The summed E-state index contributed by atoms with van der Waals surface area (Å²) in [4.78, 5) is 6.42. The van der Waals surface area contributed by atoms with Gasteiger partial charge in [-0.3, -0.25) is 9.88 Å². The van der Waals surface area contributed by atoms with Gasteiger partial charge in [-0.15, -0.1) is 0 Å². The lowest BCUT2D eigenvalue weighted by Gasteiger charge is -2.20. The third-order valence-electron chi connectivity index (χ3n) is 5.25. The molecule has 27 heavy (non-hydrogen) atoms. The molecule has 1 aromatic heterocycles. The number of aliphatic hydroxyl groups excluding tert-OH is 1. The Morgan fingerprint density at radius 3 is 2.22 bits per heavy atom. The maximum Gasteiger partial charge on any atom is 0.162 e. The van der Waals surface area contributed by atoms with Gasteiger partial charge < -0.3 is 15.3 Å². The van der Waals surface area contributed by atoms with Crippen molar-refractivity contribution in [3.8, 4) is 11.5 Å². The highest BCUT2D eigenvalue weighted by molar-refractivity contribution is 5.21. The van der Waals surface area contributed by atoms with Crippen LogP contribution in [0, 0.1) is 23.5 Å². The van der Waals surface area contributed by atoms with Crippen molar-refractivity contribution in [2.75, 3.05) is 19.6 Å². The fourth-order valence-electron chi connectivity index (χ4n) is 3.90. The van der Waals surface area contributed by atoms with Crippen LogP contribution in [0.15, 0.2) is 36.5 Å². The SMILES string of the molecule is Oc1ccc(C(O)CN2CC3CCCC3C2)nc1.Oc1ccc(F)c(F)c1. The van der Waals surface area contributed by atoms with Crippen LogP contribution in [0.3, 0.4) is 0 Å². The topological polar surface area (TPSA) is 76.8 Å². The molecule has 1 aromatic carbocycles. The van der Waals surface area contributed by atoms with Crippen LogP contribution in [0.5, 0.6) is 11.5 Å². The average molecular weight is 378 g/mol. The quantitative estimate of drug-likeness (QED) is 0.765. The zero-order valence-electron chi connectivity index (χ0n) is 14.9. The van der Waals surface area contributed by atoms with Crippen molar-refractivity contribution < 1.29 is 24.1 Å². The van der Waals surface area contributed by atoms with E-state index in [2.05, 4.69) is 9.88 Å². The Morgan fingerprint density at radius 2 is 1.67 bits per heavy atom. The number of fused-ring (bicyclic) bond motifs is 1. The average Bonchev–Trinajstić information content (AvgIpc) is 3.21. The molecule has 7 heteroatoms. The number of rotatable bonds is 3. The van der Waals surface area contributed by atoms with Crippen LogP contribution in [-0.2, 0) is 0 Å². The summed E-state index contributed by atoms with van der Waals surface area (Å²) < 4.78 is 24.1. The summed E-state index contributed by atoms with van der Waals surface area (Å²) in [6.45, 7) is 2.91. The number of benzene rings is 1. The van der Waals surface area contributed by atoms with Crippen LogP contribution in [0.2, 0.25) is 0 Å². The van der Waals surface area contributed by atoms with Gasteiger partial charge in [-0.25, -0.2) is 8.78 Å². The van der Waals surface area contributed by atoms with E-state index in [-0.39, 0.29) is 11.5 Å². The number of likely N-dealkylation sites (tertiary alicyclic amines) is 1. The highest BCUT2D eigenvalue weighted by Crippen LogP contribution is 2.38. The minimum Gasteiger partial charge on any atom is -0.508 e. The highest BCUT2D eigenvalue weighted by Gasteiger charge is 2.36. The summed E-state index contributed by atoms with van der Waals surface area (Å²) in [7, 11) is 0. The maximum absolute atomic E-state index is 12.0. The van der Waals surface area contributed by atoms with Crippen molar-refractivity contribution in [3.63, 3.8) is 0 Å². The van der Waals surface area contributed by atoms with Crippen molar-refractivity contribution >= 4 is 0 Å². The number of aromatic hydroxyl groups is 2. The van der Waals surface area contributed by atoms with E-state index in [1.54, 1.807) is 12.1 Å². The van der Waals surface area contributed by atoms with E-state index in [0.717, 1.165) is 43.1 Å². The third kappa shape index (κ3) is 5.14. The number of β-amino-alcohol motifs (C(OH)–C–C–N with tert-alkyl or cyclic N) is 1. The smallest absolute Gasteiger partial charge is 0.162 e. The highest BCUT2D eigenvalue weighted by atomic mass is 19.2. The first-order chi connectivity index (χ1) is 12.9. The lowest BCUT2D eigenvalue weighted by molar-refractivity contribution is 0.118. The second-order valence-electron chi connectivity index (χ2n) is 7.23. The molecule has 2 fully saturated rings. The van der Waals surface area contributed by atoms with Crippen molar-refractivity contribution in [2.45, 2.75) is 25.4 Å². The van der Waals surface area contributed by atoms with Crippen molar-refractivity contribution in [1.82, 2.24) is 9.88 Å². The van der Waals surface area contributed by atoms with Gasteiger partial charge in [0.25, 0.3) is 0 Å². The van der Waals surface area contributed by atoms with Gasteiger partial charge in [0.05, 0.1) is 11.9 Å². The molecule has 5 nitrogen and oxygen atoms in total. The van der Waals surface area contributed by atoms with E-state index in [1.807, 2.05) is 0 Å². The van der Waals surface area contributed by atoms with Crippen LogP contribution in [0.25, 0.3) is 0 Å². The van der Waals surface area contributed by atoms with Crippen LogP contribution in [0.1, 0.15) is 31.1 Å². The standard InChI is InChI=1S/C14H20N2O2.C6H4F2O/c17-12-4-5-13(15-6-12)14(18)9-16-7-10-2-1-3-11(10)8-16;7-5-2-1-4(9)3-6(5)8/h4-6,10-11,14,17-18H,1-3,7-9H2;1-3,9H. The van der Waals surface area contributed by atoms with Gasteiger partial charge in [0.1, 0.15) is 17.6 Å². The number of hydrogen-bond acceptors (Lipinski definition) is 5. The zero-order valence-corrected chi connectivity index (χ0v) is 14.9. The van der Waals surface area contributed by atoms with Crippen molar-refractivity contribution in [1.29, 1.82) is 0 Å². The molecule has 1 saturated carbocycles. The molecule has 3 atom stereocenters. The van der Waals surface area contributed by atoms with Crippen LogP contribution >= 0.6 is 0 Å². The number of nitrogens with zero attached hydrogens (tertiary/aromatic N) is 2. The molecule has 0 amide bonds. The van der Waals surface area contributed by atoms with Crippen LogP contribution < -0.4 is 0 Å². The number of halogens is 2. The number of phenols is 1. The van der Waals surface area contributed by atoms with E-state index >= 15 is 0 Å². The first-order valence-electron chi connectivity index (χ1n) is 9.11. The molecule has 1 aliphatic carbocycles. The normalized spacial score (nSPS) is 22.8. The van der Waals surface area contributed by atoms with E-state index in [1.165, 1.54) is 25.5 Å². The lowest BCUT2D eigenvalue weighted by atomic mass is 10.0. The summed E-state index contributed by atoms with van der Waals surface area (Å²) >= 11 is 0. The third-order valence-corrected chi connectivity index (χ3v) is 5.25. The molecule has 2 aromatic rings. The Kier molecular flexibility index (Phi) is 6.23. The molecular formula is C20H24F2N2O3. The summed E-state index contributed by atoms with van der Waals surface area (Å²) in [5.41, 5.74) is 0.643. The zero-order chi connectivity index (χ0) is 19.4. The van der Waals surface area contributed by atoms with Crippen molar-refractivity contribution in [2.24, 2.45) is 11.8 Å². The summed E-state index contributed by atoms with van der Waals surface area (Å²) in [5, 5.41) is 27.9. The number of pyridine rings is 1. The molecule has 1 saturated heterocycles. The molecule has 3 unspecified atom stereocenters. The van der Waals surface area contributed by atoms with Gasteiger partial charge in [0.15, 0.2) is 11.6 Å². The Morgan fingerprint density at radius 1 is 1.00 bits per heavy atom. The number of phenolic OH excluding ortho intramolecular Hbond substituents is 1. The summed E-state index contributed by atoms with van der Waals surface area (Å²) in [6, 6.07) is 5.93. The number of aliphatic hydroxyl groups is 1. The molecule has 4 rings (SSSR count). The number of hydrogen-bond donors (Lipinski definition) is 3. The fraction of sp³-hybridized carbons (Fsp3) is 0.450. The van der Waals surface area contributed by atoms with E-state index < -0.39 is 17.7 Å². The first-order valence-corrected chi connectivity index (χ1v) is 9.11. The monoisotopic (exact) mass is 378 g/mol. The van der Waals surface area contributed by atoms with Gasteiger partial charge >= 0.3 is 0 Å². The molecule has 0 bridgehead atoms. The fourth-order valence-corrected chi connectivity index (χ4v) is 3.90. The Balaban J connectivity index is 0.000000197. The largest absolute Gasteiger partial charge is 0.508 e. The molecule has 1 aliphatic heterocycles. The Labute approximate surface area is 156 Å². The van der Waals surface area contributed by atoms with Crippen LogP contribution in [-0.4, -0.2) is 44.8 Å². The molecular weight excluding hydrogens is 354 g/mol. The van der Waals surface area contributed by atoms with Gasteiger partial charge in [0.2, 0.25) is 0 Å². The number of aromatic nitrogens is 1. The van der Waals surface area contributed by atoms with E-state index in [0.29, 0.717) is 12.2 Å². The van der Waals surface area contributed by atoms with E-state index in [9.17, 15) is 19.0 Å². The molecule has 2 heterocycles. The van der Waals surface area contributed by atoms with Crippen LogP contribution in [0.4, 0.5) is 8.78 Å². The van der Waals surface area contributed by atoms with Gasteiger partial charge in [-0.05, 0) is 48.9 Å². The Bertz CT molecular complexity index is 745. The van der Waals surface area contributed by atoms with Gasteiger partial charge in [-0.1, -0.05) is 6.42 Å². The summed E-state index contributed by atoms with van der Waals surface area (Å²) in [6.07, 6.45) is 4.93. The minimum atomic E-state index is -1.03. The van der Waals surface area contributed by atoms with E-state index in [4.69, 9.17) is 5.11 Å². The predicted molar refractivity (Wildman–Crippen MR) is 96.2 cm³/mol. The Hall–Kier alpha value is -2.25. The maximum atomic E-state index is 12.0. The summed E-state index contributed by atoms with van der Waals surface area (Å²) in [5.74, 6) is -0.409. The predicted octanol–water partition coefficient (Wildman–Crippen LogP) is 3.22. The molecule has 0 radical (unpaired) electrons. The van der Waals surface area contributed by atoms with Gasteiger partial charge in [0, 0.05) is 25.7 Å². The molecule has 0 spiro atoms. The first kappa shape index (κ1) is 19.5. The van der Waals surface area contributed by atoms with Gasteiger partial charge in [-0.2, -0.15) is 0 Å². The second-order valence-corrected chi connectivity index (χ2v) is 7.23. The molecule has 3 N–H and O–H groups in total.